The van der Waals surface area contributed by atoms with Crippen LogP contribution >= 0.6 is 0 Å². The van der Waals surface area contributed by atoms with Gasteiger partial charge in [0.2, 0.25) is 5.91 Å². The molecule has 0 heterocycles. The van der Waals surface area contributed by atoms with Crippen LogP contribution < -0.4 is 10.6 Å². The zero-order valence-corrected chi connectivity index (χ0v) is 11.5. The van der Waals surface area contributed by atoms with Crippen LogP contribution in [0.2, 0.25) is 0 Å². The van der Waals surface area contributed by atoms with E-state index in [0.29, 0.717) is 19.4 Å². The molecule has 0 saturated heterocycles. The van der Waals surface area contributed by atoms with Gasteiger partial charge in [-0.1, -0.05) is 25.2 Å². The first-order valence-corrected chi connectivity index (χ1v) is 6.77. The molecule has 0 aromatic heterocycles. The lowest BCUT2D eigenvalue weighted by atomic mass is 9.81. The van der Waals surface area contributed by atoms with Crippen LogP contribution in [0.1, 0.15) is 39.0 Å². The van der Waals surface area contributed by atoms with Crippen LogP contribution in [0.3, 0.4) is 0 Å². The number of esters is 1. The van der Waals surface area contributed by atoms with Gasteiger partial charge in [-0.15, -0.1) is 6.42 Å². The van der Waals surface area contributed by atoms with Gasteiger partial charge in [0.05, 0.1) is 19.7 Å². The van der Waals surface area contributed by atoms with Gasteiger partial charge in [-0.2, -0.15) is 0 Å². The van der Waals surface area contributed by atoms with Crippen LogP contribution in [0.4, 0.5) is 0 Å². The maximum Gasteiger partial charge on any atom is 0.326 e. The van der Waals surface area contributed by atoms with E-state index in [0.717, 1.165) is 19.3 Å². The van der Waals surface area contributed by atoms with Crippen LogP contribution in [0, 0.1) is 12.3 Å². The van der Waals surface area contributed by atoms with Gasteiger partial charge in [0.15, 0.2) is 0 Å². The summed E-state index contributed by atoms with van der Waals surface area (Å²) in [6, 6.07) is 0. The summed E-state index contributed by atoms with van der Waals surface area (Å²) in [5.41, 5.74) is -0.707. The highest BCUT2D eigenvalue weighted by molar-refractivity contribution is 5.83. The minimum atomic E-state index is -0.707. The van der Waals surface area contributed by atoms with Gasteiger partial charge in [-0.25, -0.2) is 0 Å². The van der Waals surface area contributed by atoms with E-state index < -0.39 is 5.54 Å². The second-order valence-corrected chi connectivity index (χ2v) is 4.70. The Bertz CT molecular complexity index is 354. The van der Waals surface area contributed by atoms with Crippen molar-refractivity contribution < 1.29 is 14.3 Å². The fraction of sp³-hybridized carbons (Fsp3) is 0.714. The number of amides is 1. The SMILES string of the molecule is C#CCNC(=O)CNC1(C(=O)OCC)CCCCC1. The number of terminal acetylenes is 1. The molecule has 0 aliphatic heterocycles. The van der Waals surface area contributed by atoms with E-state index in [4.69, 9.17) is 11.2 Å². The molecule has 1 aliphatic carbocycles. The fourth-order valence-corrected chi connectivity index (χ4v) is 2.34. The van der Waals surface area contributed by atoms with Gasteiger partial charge in [-0.3, -0.25) is 14.9 Å². The number of carbonyl (C=O) groups excluding carboxylic acids is 2. The van der Waals surface area contributed by atoms with Crippen LogP contribution in [0.15, 0.2) is 0 Å². The predicted octanol–water partition coefficient (Wildman–Crippen LogP) is 0.591. The summed E-state index contributed by atoms with van der Waals surface area (Å²) < 4.78 is 5.13. The summed E-state index contributed by atoms with van der Waals surface area (Å²) in [6.45, 7) is 2.42. The fourth-order valence-electron chi connectivity index (χ4n) is 2.34. The van der Waals surface area contributed by atoms with E-state index >= 15 is 0 Å². The molecule has 0 aromatic carbocycles. The Hall–Kier alpha value is -1.54. The number of carbonyl (C=O) groups is 2. The van der Waals surface area contributed by atoms with Crippen LogP contribution in [-0.2, 0) is 14.3 Å². The Morgan fingerprint density at radius 3 is 2.58 bits per heavy atom. The Kier molecular flexibility index (Phi) is 6.37. The van der Waals surface area contributed by atoms with E-state index in [2.05, 4.69) is 16.6 Å². The van der Waals surface area contributed by atoms with E-state index in [1.807, 2.05) is 0 Å². The maximum absolute atomic E-state index is 12.1. The number of hydrogen-bond acceptors (Lipinski definition) is 4. The van der Waals surface area contributed by atoms with E-state index in [9.17, 15) is 9.59 Å². The zero-order chi connectivity index (χ0) is 14.1. The molecule has 1 saturated carbocycles. The summed E-state index contributed by atoms with van der Waals surface area (Å²) in [6.07, 6.45) is 9.56. The van der Waals surface area contributed by atoms with Crippen molar-refractivity contribution in [3.8, 4) is 12.3 Å². The van der Waals surface area contributed by atoms with Crippen molar-refractivity contribution in [3.63, 3.8) is 0 Å². The molecular formula is C14H22N2O3. The van der Waals surface area contributed by atoms with Gasteiger partial charge in [0.25, 0.3) is 0 Å². The molecule has 1 rings (SSSR count). The smallest absolute Gasteiger partial charge is 0.326 e. The van der Waals surface area contributed by atoms with Crippen molar-refractivity contribution in [2.24, 2.45) is 0 Å². The van der Waals surface area contributed by atoms with Crippen molar-refractivity contribution in [1.29, 1.82) is 0 Å². The minimum absolute atomic E-state index is 0.0838. The molecule has 19 heavy (non-hydrogen) atoms. The highest BCUT2D eigenvalue weighted by atomic mass is 16.5. The lowest BCUT2D eigenvalue weighted by molar-refractivity contribution is -0.153. The molecule has 0 bridgehead atoms. The first-order valence-electron chi connectivity index (χ1n) is 6.77. The van der Waals surface area contributed by atoms with E-state index in [1.165, 1.54) is 0 Å². The summed E-state index contributed by atoms with van der Waals surface area (Å²) in [4.78, 5) is 23.6. The molecule has 0 spiro atoms. The van der Waals surface area contributed by atoms with Gasteiger partial charge in [0.1, 0.15) is 5.54 Å². The molecule has 0 atom stereocenters. The third-order valence-corrected chi connectivity index (χ3v) is 3.35. The monoisotopic (exact) mass is 266 g/mol. The van der Waals surface area contributed by atoms with Crippen molar-refractivity contribution in [2.45, 2.75) is 44.6 Å². The van der Waals surface area contributed by atoms with Crippen LogP contribution in [-0.4, -0.2) is 37.1 Å². The summed E-state index contributed by atoms with van der Waals surface area (Å²) >= 11 is 0. The van der Waals surface area contributed by atoms with Crippen LogP contribution in [0.25, 0.3) is 0 Å². The molecule has 0 unspecified atom stereocenters. The Balaban J connectivity index is 2.57. The predicted molar refractivity (Wildman–Crippen MR) is 72.3 cm³/mol. The number of nitrogens with one attached hydrogen (secondary N) is 2. The van der Waals surface area contributed by atoms with Crippen molar-refractivity contribution in [1.82, 2.24) is 10.6 Å². The molecule has 106 valence electrons. The van der Waals surface area contributed by atoms with Crippen LogP contribution in [0.5, 0.6) is 0 Å². The molecule has 5 heteroatoms. The normalized spacial score (nSPS) is 17.3. The molecule has 0 aromatic rings. The average Bonchev–Trinajstić information content (AvgIpc) is 2.44. The number of rotatable bonds is 6. The standard InChI is InChI=1S/C14H22N2O3/c1-3-10-15-12(17)11-16-14(13(18)19-4-2)8-6-5-7-9-14/h1,16H,4-11H2,2H3,(H,15,17). The topological polar surface area (TPSA) is 67.4 Å². The summed E-state index contributed by atoms with van der Waals surface area (Å²) in [7, 11) is 0. The van der Waals surface area contributed by atoms with Crippen molar-refractivity contribution >= 4 is 11.9 Å². The van der Waals surface area contributed by atoms with E-state index in [-0.39, 0.29) is 25.0 Å². The third kappa shape index (κ3) is 4.56. The number of ether oxygens (including phenoxy) is 1. The Labute approximate surface area is 114 Å². The third-order valence-electron chi connectivity index (χ3n) is 3.35. The average molecular weight is 266 g/mol. The summed E-state index contributed by atoms with van der Waals surface area (Å²) in [5.74, 6) is 1.89. The maximum atomic E-state index is 12.1. The summed E-state index contributed by atoms with van der Waals surface area (Å²) in [5, 5.41) is 5.64. The van der Waals surface area contributed by atoms with Crippen molar-refractivity contribution in [2.75, 3.05) is 19.7 Å². The highest BCUT2D eigenvalue weighted by Crippen LogP contribution is 2.29. The molecule has 1 fully saturated rings. The molecular weight excluding hydrogens is 244 g/mol. The van der Waals surface area contributed by atoms with Gasteiger partial charge >= 0.3 is 5.97 Å². The first kappa shape index (κ1) is 15.5. The van der Waals surface area contributed by atoms with Gasteiger partial charge in [-0.05, 0) is 19.8 Å². The largest absolute Gasteiger partial charge is 0.465 e. The molecule has 1 aliphatic rings. The molecule has 2 N–H and O–H groups in total. The molecule has 0 radical (unpaired) electrons. The lowest BCUT2D eigenvalue weighted by Crippen LogP contribution is -2.56. The van der Waals surface area contributed by atoms with Gasteiger partial charge in [0, 0.05) is 0 Å². The zero-order valence-electron chi connectivity index (χ0n) is 11.5. The Morgan fingerprint density at radius 2 is 2.00 bits per heavy atom. The second kappa shape index (κ2) is 7.80. The second-order valence-electron chi connectivity index (χ2n) is 4.70. The Morgan fingerprint density at radius 1 is 1.32 bits per heavy atom. The lowest BCUT2D eigenvalue weighted by Gasteiger charge is -2.35. The van der Waals surface area contributed by atoms with Crippen molar-refractivity contribution in [3.05, 3.63) is 0 Å². The number of hydrogen-bond donors (Lipinski definition) is 2. The highest BCUT2D eigenvalue weighted by Gasteiger charge is 2.40. The van der Waals surface area contributed by atoms with E-state index in [1.54, 1.807) is 6.92 Å². The molecule has 1 amide bonds. The quantitative estimate of drug-likeness (QED) is 0.545. The minimum Gasteiger partial charge on any atom is -0.465 e. The van der Waals surface area contributed by atoms with Gasteiger partial charge < -0.3 is 10.1 Å². The molecule has 5 nitrogen and oxygen atoms in total. The first-order chi connectivity index (χ1) is 9.14.